The number of benzene rings is 3. The van der Waals surface area contributed by atoms with Crippen LogP contribution in [0.2, 0.25) is 0 Å². The number of nitrogens with one attached hydrogen (secondary N) is 1. The van der Waals surface area contributed by atoms with Gasteiger partial charge in [0.25, 0.3) is 5.91 Å². The van der Waals surface area contributed by atoms with Crippen molar-refractivity contribution in [2.75, 3.05) is 5.32 Å². The number of para-hydroxylation sites is 1. The van der Waals surface area contributed by atoms with Gasteiger partial charge in [0.15, 0.2) is 0 Å². The summed E-state index contributed by atoms with van der Waals surface area (Å²) in [6.07, 6.45) is -4.88. The molecule has 37 heavy (non-hydrogen) atoms. The molecule has 190 valence electrons. The van der Waals surface area contributed by atoms with E-state index < -0.39 is 23.8 Å². The third-order valence-electron chi connectivity index (χ3n) is 5.98. The van der Waals surface area contributed by atoms with Crippen LogP contribution in [0, 0.1) is 0 Å². The smallest absolute Gasteiger partial charge is 0.508 e. The van der Waals surface area contributed by atoms with Crippen LogP contribution in [0.25, 0.3) is 11.3 Å². The Labute approximate surface area is 209 Å². The molecule has 8 nitrogen and oxygen atoms in total. The summed E-state index contributed by atoms with van der Waals surface area (Å²) in [5.74, 6) is -1.29. The molecule has 0 atom stereocenters. The first-order valence-electron chi connectivity index (χ1n) is 11.2. The summed E-state index contributed by atoms with van der Waals surface area (Å²) in [4.78, 5) is 15.0. The number of fused-ring (bicyclic) bond motifs is 1. The van der Waals surface area contributed by atoms with Crippen molar-refractivity contribution >= 4 is 17.4 Å². The summed E-state index contributed by atoms with van der Waals surface area (Å²) in [6, 6.07) is 17.0. The van der Waals surface area contributed by atoms with Gasteiger partial charge in [-0.1, -0.05) is 36.4 Å². The van der Waals surface area contributed by atoms with E-state index in [4.69, 9.17) is 0 Å². The van der Waals surface area contributed by atoms with E-state index in [0.717, 1.165) is 17.2 Å². The molecule has 3 aromatic carbocycles. The number of aromatic nitrogens is 2. The van der Waals surface area contributed by atoms with Crippen LogP contribution >= 0.6 is 0 Å². The Hall–Kier alpha value is -4.67. The molecule has 11 heteroatoms. The zero-order chi connectivity index (χ0) is 26.3. The summed E-state index contributed by atoms with van der Waals surface area (Å²) in [5.41, 5.74) is 2.33. The Morgan fingerprint density at radius 1 is 1.00 bits per heavy atom. The summed E-state index contributed by atoms with van der Waals surface area (Å²) < 4.78 is 44.1. The fraction of sp³-hybridized carbons (Fsp3) is 0.154. The molecule has 0 spiro atoms. The molecule has 5 rings (SSSR count). The molecule has 1 aromatic heterocycles. The van der Waals surface area contributed by atoms with Crippen LogP contribution in [-0.4, -0.2) is 37.2 Å². The number of phenols is 2. The van der Waals surface area contributed by atoms with E-state index in [2.05, 4.69) is 15.2 Å². The average Bonchev–Trinajstić information content (AvgIpc) is 3.41. The number of nitrogens with zero attached hydrogens (tertiary/aromatic N) is 3. The van der Waals surface area contributed by atoms with Gasteiger partial charge in [-0.2, -0.15) is 5.10 Å². The molecular formula is C26H21F3N4O4. The lowest BCUT2D eigenvalue weighted by molar-refractivity contribution is -0.274. The molecule has 0 radical (unpaired) electrons. The van der Waals surface area contributed by atoms with Crippen molar-refractivity contribution in [1.29, 1.82) is 0 Å². The third kappa shape index (κ3) is 4.88. The number of hydrogen-bond donors (Lipinski definition) is 3. The summed E-state index contributed by atoms with van der Waals surface area (Å²) >= 11 is 0. The second-order valence-electron chi connectivity index (χ2n) is 8.52. The number of amides is 1. The molecule has 0 saturated carbocycles. The molecule has 4 aromatic rings. The number of phenolic OH excluding ortho intramolecular Hbond substituents is 2. The Morgan fingerprint density at radius 3 is 2.32 bits per heavy atom. The predicted molar refractivity (Wildman–Crippen MR) is 128 cm³/mol. The number of hydrogen-bond acceptors (Lipinski definition) is 6. The molecule has 0 bridgehead atoms. The Kier molecular flexibility index (Phi) is 5.90. The standard InChI is InChI=1S/C26H21F3N4O4/c1-32-23(12-19(31-32)18-8-4-5-9-22(18)37-26(27,28)29)30-20-10-17(34)11-21(35)24(20)25(36)33-13-15-6-2-3-7-16(15)14-33/h2-12,30,34-35H,13-14H2,1H3. The third-order valence-corrected chi connectivity index (χ3v) is 5.98. The van der Waals surface area contributed by atoms with Crippen molar-refractivity contribution in [3.8, 4) is 28.5 Å². The Balaban J connectivity index is 1.47. The highest BCUT2D eigenvalue weighted by Gasteiger charge is 2.33. The molecule has 1 amide bonds. The van der Waals surface area contributed by atoms with Gasteiger partial charge in [0, 0.05) is 43.9 Å². The van der Waals surface area contributed by atoms with E-state index in [1.54, 1.807) is 18.0 Å². The van der Waals surface area contributed by atoms with Crippen LogP contribution < -0.4 is 10.1 Å². The average molecular weight is 510 g/mol. The first kappa shape index (κ1) is 24.0. The second kappa shape index (κ2) is 9.08. The van der Waals surface area contributed by atoms with E-state index >= 15 is 0 Å². The van der Waals surface area contributed by atoms with Crippen molar-refractivity contribution in [2.45, 2.75) is 19.5 Å². The highest BCUT2D eigenvalue weighted by Crippen LogP contribution is 2.38. The molecule has 0 unspecified atom stereocenters. The van der Waals surface area contributed by atoms with Gasteiger partial charge in [0.05, 0.1) is 11.4 Å². The largest absolute Gasteiger partial charge is 0.573 e. The highest BCUT2D eigenvalue weighted by molar-refractivity contribution is 6.03. The first-order chi connectivity index (χ1) is 17.6. The molecule has 0 saturated heterocycles. The molecule has 1 aliphatic heterocycles. The number of anilines is 2. The van der Waals surface area contributed by atoms with Crippen LogP contribution in [0.1, 0.15) is 21.5 Å². The lowest BCUT2D eigenvalue weighted by Gasteiger charge is -2.19. The number of halogens is 3. The maximum atomic E-state index is 13.4. The van der Waals surface area contributed by atoms with Crippen LogP contribution in [-0.2, 0) is 20.1 Å². The van der Waals surface area contributed by atoms with Gasteiger partial charge in [-0.3, -0.25) is 9.48 Å². The lowest BCUT2D eigenvalue weighted by Crippen LogP contribution is -2.26. The normalized spacial score (nSPS) is 12.9. The predicted octanol–water partition coefficient (Wildman–Crippen LogP) is 5.30. The second-order valence-corrected chi connectivity index (χ2v) is 8.52. The number of carbonyl (C=O) groups excluding carboxylic acids is 1. The zero-order valence-corrected chi connectivity index (χ0v) is 19.5. The summed E-state index contributed by atoms with van der Waals surface area (Å²) in [5, 5.41) is 28.0. The van der Waals surface area contributed by atoms with E-state index in [0.29, 0.717) is 18.9 Å². The number of aromatic hydroxyl groups is 2. The molecular weight excluding hydrogens is 489 g/mol. The van der Waals surface area contributed by atoms with Gasteiger partial charge in [-0.15, -0.1) is 13.2 Å². The topological polar surface area (TPSA) is 99.9 Å². The van der Waals surface area contributed by atoms with E-state index in [1.807, 2.05) is 24.3 Å². The molecule has 0 aliphatic carbocycles. The molecule has 0 fully saturated rings. The minimum Gasteiger partial charge on any atom is -0.508 e. The van der Waals surface area contributed by atoms with Gasteiger partial charge in [-0.25, -0.2) is 0 Å². The first-order valence-corrected chi connectivity index (χ1v) is 11.2. The molecule has 2 heterocycles. The van der Waals surface area contributed by atoms with Gasteiger partial charge in [0.1, 0.15) is 28.6 Å². The van der Waals surface area contributed by atoms with Crippen LogP contribution in [0.3, 0.4) is 0 Å². The SMILES string of the molecule is Cn1nc(-c2ccccc2OC(F)(F)F)cc1Nc1cc(O)cc(O)c1C(=O)N1Cc2ccccc2C1. The highest BCUT2D eigenvalue weighted by atomic mass is 19.4. The maximum Gasteiger partial charge on any atom is 0.573 e. The van der Waals surface area contributed by atoms with Crippen molar-refractivity contribution < 1.29 is 32.9 Å². The van der Waals surface area contributed by atoms with Crippen molar-refractivity contribution in [3.05, 3.63) is 83.4 Å². The number of ether oxygens (including phenoxy) is 1. The minimum absolute atomic E-state index is 0.0610. The van der Waals surface area contributed by atoms with Crippen LogP contribution in [0.5, 0.6) is 17.2 Å². The van der Waals surface area contributed by atoms with Gasteiger partial charge in [0.2, 0.25) is 0 Å². The maximum absolute atomic E-state index is 13.4. The van der Waals surface area contributed by atoms with Crippen molar-refractivity contribution in [2.24, 2.45) is 7.05 Å². The van der Waals surface area contributed by atoms with E-state index in [9.17, 15) is 28.2 Å². The minimum atomic E-state index is -4.88. The van der Waals surface area contributed by atoms with Crippen molar-refractivity contribution in [3.63, 3.8) is 0 Å². The molecule has 3 N–H and O–H groups in total. The number of alkyl halides is 3. The van der Waals surface area contributed by atoms with Gasteiger partial charge in [-0.05, 0) is 23.3 Å². The van der Waals surface area contributed by atoms with Crippen LogP contribution in [0.4, 0.5) is 24.7 Å². The van der Waals surface area contributed by atoms with E-state index in [1.165, 1.54) is 35.0 Å². The summed E-state index contributed by atoms with van der Waals surface area (Å²) in [6.45, 7) is 0.723. The quantitative estimate of drug-likeness (QED) is 0.337. The zero-order valence-electron chi connectivity index (χ0n) is 19.5. The number of carbonyl (C=O) groups is 1. The van der Waals surface area contributed by atoms with Crippen molar-refractivity contribution in [1.82, 2.24) is 14.7 Å². The number of rotatable bonds is 5. The fourth-order valence-electron chi connectivity index (χ4n) is 4.32. The van der Waals surface area contributed by atoms with Gasteiger partial charge >= 0.3 is 6.36 Å². The Morgan fingerprint density at radius 2 is 1.65 bits per heavy atom. The lowest BCUT2D eigenvalue weighted by atomic mass is 10.1. The fourth-order valence-corrected chi connectivity index (χ4v) is 4.32. The Bertz CT molecular complexity index is 1470. The van der Waals surface area contributed by atoms with Gasteiger partial charge < -0.3 is 25.2 Å². The van der Waals surface area contributed by atoms with Crippen LogP contribution in [0.15, 0.2) is 66.7 Å². The summed E-state index contributed by atoms with van der Waals surface area (Å²) in [7, 11) is 1.56. The molecule has 1 aliphatic rings. The number of aryl methyl sites for hydroxylation is 1. The van der Waals surface area contributed by atoms with E-state index in [-0.39, 0.29) is 28.3 Å². The monoisotopic (exact) mass is 510 g/mol.